The summed E-state index contributed by atoms with van der Waals surface area (Å²) in [6.07, 6.45) is 4.05. The minimum atomic E-state index is -0.383. The molecule has 35 heavy (non-hydrogen) atoms. The zero-order valence-corrected chi connectivity index (χ0v) is 20.8. The Morgan fingerprint density at radius 2 is 1.94 bits per heavy atom. The first-order chi connectivity index (χ1) is 17.0. The van der Waals surface area contributed by atoms with Crippen LogP contribution in [-0.4, -0.2) is 33.0 Å². The minimum absolute atomic E-state index is 0.0433. The highest BCUT2D eigenvalue weighted by Crippen LogP contribution is 2.34. The zero-order valence-electron chi connectivity index (χ0n) is 19.2. The standard InChI is InChI=1S/C25H24N4O4S2/c1-2-33-20(31)12-16-14-34-25(26-16)27-19(30)13-29-22(15-8-4-3-5-9-15)28-23-21(24(29)32)17-10-6-7-11-18(17)35-23/h3-5,8-9,14H,2,6-7,10-13H2,1H3,(H,26,27,30). The molecular formula is C25H24N4O4S2. The predicted octanol–water partition coefficient (Wildman–Crippen LogP) is 4.20. The zero-order chi connectivity index (χ0) is 24.4. The van der Waals surface area contributed by atoms with Crippen LogP contribution < -0.4 is 10.9 Å². The number of aryl methyl sites for hydroxylation is 2. The number of carbonyl (C=O) groups excluding carboxylic acids is 2. The highest BCUT2D eigenvalue weighted by molar-refractivity contribution is 7.18. The molecule has 0 radical (unpaired) electrons. The Labute approximate surface area is 209 Å². The Morgan fingerprint density at radius 1 is 1.14 bits per heavy atom. The predicted molar refractivity (Wildman–Crippen MR) is 137 cm³/mol. The molecule has 180 valence electrons. The van der Waals surface area contributed by atoms with E-state index < -0.39 is 0 Å². The summed E-state index contributed by atoms with van der Waals surface area (Å²) in [5.41, 5.74) is 2.20. The topological polar surface area (TPSA) is 103 Å². The molecule has 0 bridgehead atoms. The van der Waals surface area contributed by atoms with Crippen LogP contribution in [0.25, 0.3) is 21.6 Å². The smallest absolute Gasteiger partial charge is 0.311 e. The second-order valence-corrected chi connectivity index (χ2v) is 10.2. The summed E-state index contributed by atoms with van der Waals surface area (Å²) in [6.45, 7) is 1.86. The number of ether oxygens (including phenoxy) is 1. The summed E-state index contributed by atoms with van der Waals surface area (Å²) in [4.78, 5) is 49.5. The first-order valence-corrected chi connectivity index (χ1v) is 13.2. The van der Waals surface area contributed by atoms with Gasteiger partial charge in [-0.1, -0.05) is 30.3 Å². The molecule has 0 aliphatic heterocycles. The Morgan fingerprint density at radius 3 is 2.74 bits per heavy atom. The van der Waals surface area contributed by atoms with Crippen LogP contribution in [0.4, 0.5) is 5.13 Å². The van der Waals surface area contributed by atoms with Gasteiger partial charge >= 0.3 is 5.97 Å². The molecule has 4 aromatic rings. The average Bonchev–Trinajstić information content (AvgIpc) is 3.45. The number of hydrogen-bond acceptors (Lipinski definition) is 8. The number of esters is 1. The molecule has 3 heterocycles. The van der Waals surface area contributed by atoms with Gasteiger partial charge in [0, 0.05) is 15.8 Å². The molecule has 1 amide bonds. The van der Waals surface area contributed by atoms with Crippen LogP contribution in [0.5, 0.6) is 0 Å². The molecule has 1 N–H and O–H groups in total. The molecule has 8 nitrogen and oxygen atoms in total. The van der Waals surface area contributed by atoms with E-state index in [1.54, 1.807) is 23.6 Å². The van der Waals surface area contributed by atoms with Gasteiger partial charge < -0.3 is 10.1 Å². The number of hydrogen-bond donors (Lipinski definition) is 1. The second-order valence-electron chi connectivity index (χ2n) is 8.26. The van der Waals surface area contributed by atoms with Gasteiger partial charge in [-0.2, -0.15) is 0 Å². The van der Waals surface area contributed by atoms with Crippen LogP contribution >= 0.6 is 22.7 Å². The fraction of sp³-hybridized carbons (Fsp3) is 0.320. The number of thiazole rings is 1. The summed E-state index contributed by atoms with van der Waals surface area (Å²) in [5, 5.41) is 5.47. The number of fused-ring (bicyclic) bond motifs is 3. The number of amides is 1. The second kappa shape index (κ2) is 10.1. The Hall–Kier alpha value is -3.37. The van der Waals surface area contributed by atoms with Gasteiger partial charge in [0.15, 0.2) is 5.13 Å². The maximum Gasteiger partial charge on any atom is 0.311 e. The van der Waals surface area contributed by atoms with Crippen LogP contribution in [0.2, 0.25) is 0 Å². The normalized spacial score (nSPS) is 12.9. The first-order valence-electron chi connectivity index (χ1n) is 11.5. The Balaban J connectivity index is 1.46. The number of anilines is 1. The van der Waals surface area contributed by atoms with Gasteiger partial charge in [0.25, 0.3) is 5.56 Å². The summed E-state index contributed by atoms with van der Waals surface area (Å²) < 4.78 is 6.41. The monoisotopic (exact) mass is 508 g/mol. The van der Waals surface area contributed by atoms with Crippen molar-refractivity contribution in [2.24, 2.45) is 0 Å². The number of aromatic nitrogens is 3. The van der Waals surface area contributed by atoms with Crippen LogP contribution in [0, 0.1) is 0 Å². The van der Waals surface area contributed by atoms with E-state index in [0.717, 1.165) is 41.6 Å². The van der Waals surface area contributed by atoms with E-state index in [1.165, 1.54) is 20.8 Å². The largest absolute Gasteiger partial charge is 0.466 e. The molecule has 10 heteroatoms. The number of benzene rings is 1. The minimum Gasteiger partial charge on any atom is -0.466 e. The van der Waals surface area contributed by atoms with Gasteiger partial charge in [-0.3, -0.25) is 19.0 Å². The maximum absolute atomic E-state index is 13.7. The lowest BCUT2D eigenvalue weighted by molar-refractivity contribution is -0.142. The van der Waals surface area contributed by atoms with E-state index >= 15 is 0 Å². The van der Waals surface area contributed by atoms with E-state index in [9.17, 15) is 14.4 Å². The number of nitrogens with one attached hydrogen (secondary N) is 1. The van der Waals surface area contributed by atoms with E-state index in [0.29, 0.717) is 28.6 Å². The number of nitrogens with zero attached hydrogens (tertiary/aromatic N) is 3. The molecule has 0 atom stereocenters. The maximum atomic E-state index is 13.7. The van der Waals surface area contributed by atoms with Gasteiger partial charge in [0.2, 0.25) is 5.91 Å². The van der Waals surface area contributed by atoms with Crippen LogP contribution in [0.3, 0.4) is 0 Å². The van der Waals surface area contributed by atoms with E-state index in [1.807, 2.05) is 30.3 Å². The van der Waals surface area contributed by atoms with Crippen molar-refractivity contribution in [2.45, 2.75) is 45.6 Å². The molecule has 0 saturated carbocycles. The summed E-state index contributed by atoms with van der Waals surface area (Å²) in [6, 6.07) is 9.44. The summed E-state index contributed by atoms with van der Waals surface area (Å²) in [7, 11) is 0. The van der Waals surface area contributed by atoms with Gasteiger partial charge in [0.1, 0.15) is 17.2 Å². The van der Waals surface area contributed by atoms with Crippen LogP contribution in [0.15, 0.2) is 40.5 Å². The molecule has 0 fully saturated rings. The molecule has 5 rings (SSSR count). The van der Waals surface area contributed by atoms with Gasteiger partial charge in [-0.05, 0) is 38.2 Å². The summed E-state index contributed by atoms with van der Waals surface area (Å²) in [5.74, 6) is -0.279. The molecule has 1 aliphatic carbocycles. The lowest BCUT2D eigenvalue weighted by atomic mass is 9.97. The van der Waals surface area contributed by atoms with Crippen molar-refractivity contribution in [3.63, 3.8) is 0 Å². The fourth-order valence-corrected chi connectivity index (χ4v) is 6.28. The molecule has 3 aromatic heterocycles. The molecule has 0 unspecified atom stereocenters. The van der Waals surface area contributed by atoms with Crippen molar-refractivity contribution in [1.82, 2.24) is 14.5 Å². The van der Waals surface area contributed by atoms with Gasteiger partial charge in [-0.25, -0.2) is 9.97 Å². The average molecular weight is 509 g/mol. The quantitative estimate of drug-likeness (QED) is 0.375. The van der Waals surface area contributed by atoms with Crippen molar-refractivity contribution in [2.75, 3.05) is 11.9 Å². The first kappa shape index (κ1) is 23.4. The van der Waals surface area contributed by atoms with E-state index in [-0.39, 0.29) is 30.4 Å². The third kappa shape index (κ3) is 4.89. The van der Waals surface area contributed by atoms with Crippen molar-refractivity contribution in [3.8, 4) is 11.4 Å². The van der Waals surface area contributed by atoms with Crippen molar-refractivity contribution in [3.05, 3.63) is 62.2 Å². The lowest BCUT2D eigenvalue weighted by Crippen LogP contribution is -2.30. The molecule has 0 spiro atoms. The molecule has 0 saturated heterocycles. The van der Waals surface area contributed by atoms with Crippen LogP contribution in [0.1, 0.15) is 35.9 Å². The fourth-order valence-electron chi connectivity index (χ4n) is 4.30. The summed E-state index contributed by atoms with van der Waals surface area (Å²) >= 11 is 2.82. The molecule has 1 aliphatic rings. The van der Waals surface area contributed by atoms with Crippen molar-refractivity contribution < 1.29 is 14.3 Å². The van der Waals surface area contributed by atoms with Gasteiger partial charge in [0.05, 0.1) is 24.1 Å². The van der Waals surface area contributed by atoms with Crippen LogP contribution in [-0.2, 0) is 40.1 Å². The Kier molecular flexibility index (Phi) is 6.74. The van der Waals surface area contributed by atoms with E-state index in [2.05, 4.69) is 10.3 Å². The number of thiophene rings is 1. The highest BCUT2D eigenvalue weighted by Gasteiger charge is 2.23. The Bertz CT molecular complexity index is 1460. The van der Waals surface area contributed by atoms with Crippen molar-refractivity contribution in [1.29, 1.82) is 0 Å². The lowest BCUT2D eigenvalue weighted by Gasteiger charge is -2.13. The molecule has 1 aromatic carbocycles. The number of rotatable bonds is 7. The third-order valence-electron chi connectivity index (χ3n) is 5.84. The van der Waals surface area contributed by atoms with Crippen molar-refractivity contribution >= 4 is 49.9 Å². The third-order valence-corrected chi connectivity index (χ3v) is 7.83. The number of carbonyl (C=O) groups is 2. The van der Waals surface area contributed by atoms with Gasteiger partial charge in [-0.15, -0.1) is 22.7 Å². The van der Waals surface area contributed by atoms with E-state index in [4.69, 9.17) is 9.72 Å². The SMILES string of the molecule is CCOC(=O)Cc1csc(NC(=O)Cn2c(-c3ccccc3)nc3sc4c(c3c2=O)CCCC4)n1. The molecular weight excluding hydrogens is 484 g/mol. The highest BCUT2D eigenvalue weighted by atomic mass is 32.1.